The maximum Gasteiger partial charge on any atom is 0.103 e. The van der Waals surface area contributed by atoms with Gasteiger partial charge in [-0.1, -0.05) is 20.8 Å². The monoisotopic (exact) mass is 416 g/mol. The van der Waals surface area contributed by atoms with Crippen molar-refractivity contribution >= 4 is 0 Å². The minimum atomic E-state index is -0.134. The molecule has 0 aromatic carbocycles. The standard InChI is InChI=1S/C27H44O3/c1-16(6-9-22-24(2,3)29-22)19-7-8-20-18-14-23-27(30-23)15-17(28)10-13-26(27,5)21(18)11-12-25(19,20)4/h16-23,28H,6-15H2,1-5H3. The summed E-state index contributed by atoms with van der Waals surface area (Å²) < 4.78 is 12.4. The third-order valence-electron chi connectivity index (χ3n) is 11.9. The highest BCUT2D eigenvalue weighted by atomic mass is 16.6. The first-order valence-electron chi connectivity index (χ1n) is 13.1. The quantitative estimate of drug-likeness (QED) is 0.595. The molecule has 2 aliphatic heterocycles. The van der Waals surface area contributed by atoms with E-state index in [-0.39, 0.29) is 17.3 Å². The van der Waals surface area contributed by atoms with E-state index in [9.17, 15) is 5.11 Å². The van der Waals surface area contributed by atoms with Crippen molar-refractivity contribution in [3.63, 3.8) is 0 Å². The largest absolute Gasteiger partial charge is 0.393 e. The van der Waals surface area contributed by atoms with Crippen LogP contribution < -0.4 is 0 Å². The summed E-state index contributed by atoms with van der Waals surface area (Å²) in [4.78, 5) is 0. The van der Waals surface area contributed by atoms with E-state index in [0.717, 1.165) is 42.4 Å². The SMILES string of the molecule is CC(CCC1OC1(C)C)C1CCC2C3CC4OC45CC(O)CCC5(C)C3CCC12C. The van der Waals surface area contributed by atoms with Gasteiger partial charge in [0.15, 0.2) is 0 Å². The van der Waals surface area contributed by atoms with Gasteiger partial charge >= 0.3 is 0 Å². The van der Waals surface area contributed by atoms with Gasteiger partial charge in [-0.05, 0) is 107 Å². The molecule has 3 heteroatoms. The number of aliphatic hydroxyl groups is 1. The Bertz CT molecular complexity index is 719. The Labute approximate surface area is 183 Å². The summed E-state index contributed by atoms with van der Waals surface area (Å²) in [6.07, 6.45) is 13.4. The summed E-state index contributed by atoms with van der Waals surface area (Å²) in [5, 5.41) is 10.4. The van der Waals surface area contributed by atoms with Crippen LogP contribution in [0.1, 0.15) is 98.8 Å². The van der Waals surface area contributed by atoms with Gasteiger partial charge in [-0.25, -0.2) is 0 Å². The lowest BCUT2D eigenvalue weighted by Crippen LogP contribution is -2.58. The van der Waals surface area contributed by atoms with Crippen LogP contribution in [-0.4, -0.2) is 34.6 Å². The van der Waals surface area contributed by atoms with Crippen LogP contribution in [0.25, 0.3) is 0 Å². The molecule has 6 aliphatic rings. The predicted octanol–water partition coefficient (Wildman–Crippen LogP) is 5.73. The van der Waals surface area contributed by atoms with E-state index in [1.54, 1.807) is 0 Å². The number of rotatable bonds is 4. The van der Waals surface area contributed by atoms with Crippen LogP contribution in [0.15, 0.2) is 0 Å². The van der Waals surface area contributed by atoms with Crippen LogP contribution in [0.3, 0.4) is 0 Å². The topological polar surface area (TPSA) is 45.3 Å². The molecule has 11 unspecified atom stereocenters. The Morgan fingerprint density at radius 3 is 2.47 bits per heavy atom. The van der Waals surface area contributed by atoms with Crippen LogP contribution in [0.5, 0.6) is 0 Å². The Morgan fingerprint density at radius 2 is 1.73 bits per heavy atom. The molecule has 0 aromatic rings. The molecule has 0 aromatic heterocycles. The van der Waals surface area contributed by atoms with E-state index in [1.807, 2.05) is 0 Å². The van der Waals surface area contributed by atoms with Crippen molar-refractivity contribution < 1.29 is 14.6 Å². The van der Waals surface area contributed by atoms with Crippen molar-refractivity contribution in [1.82, 2.24) is 0 Å². The number of hydrogen-bond acceptors (Lipinski definition) is 3. The molecule has 4 saturated carbocycles. The van der Waals surface area contributed by atoms with E-state index >= 15 is 0 Å². The van der Waals surface area contributed by atoms with Gasteiger partial charge in [-0.3, -0.25) is 0 Å². The number of aliphatic hydroxyl groups excluding tert-OH is 1. The van der Waals surface area contributed by atoms with Crippen LogP contribution in [0, 0.1) is 40.4 Å². The average molecular weight is 417 g/mol. The molecule has 11 atom stereocenters. The van der Waals surface area contributed by atoms with Gasteiger partial charge in [-0.2, -0.15) is 0 Å². The first-order chi connectivity index (χ1) is 14.1. The zero-order chi connectivity index (χ0) is 21.1. The Morgan fingerprint density at radius 1 is 0.967 bits per heavy atom. The molecule has 0 radical (unpaired) electrons. The maximum absolute atomic E-state index is 10.4. The zero-order valence-corrected chi connectivity index (χ0v) is 20.0. The Kier molecular flexibility index (Phi) is 4.27. The van der Waals surface area contributed by atoms with Gasteiger partial charge < -0.3 is 14.6 Å². The van der Waals surface area contributed by atoms with Gasteiger partial charge in [0.25, 0.3) is 0 Å². The maximum atomic E-state index is 10.4. The molecule has 30 heavy (non-hydrogen) atoms. The minimum Gasteiger partial charge on any atom is -0.393 e. The second-order valence-electron chi connectivity index (χ2n) is 13.4. The number of ether oxygens (including phenoxy) is 2. The molecule has 6 rings (SSSR count). The molecule has 0 bridgehead atoms. The summed E-state index contributed by atoms with van der Waals surface area (Å²) in [5.74, 6) is 4.27. The van der Waals surface area contributed by atoms with E-state index in [2.05, 4.69) is 34.6 Å². The highest BCUT2D eigenvalue weighted by Gasteiger charge is 2.76. The molecule has 2 saturated heterocycles. The van der Waals surface area contributed by atoms with Gasteiger partial charge in [-0.15, -0.1) is 0 Å². The number of hydrogen-bond donors (Lipinski definition) is 1. The summed E-state index contributed by atoms with van der Waals surface area (Å²) in [5.41, 5.74) is 1.00. The second kappa shape index (κ2) is 6.26. The molecular formula is C27H44O3. The van der Waals surface area contributed by atoms with E-state index in [4.69, 9.17) is 9.47 Å². The lowest BCUT2D eigenvalue weighted by molar-refractivity contribution is -0.116. The molecule has 3 nitrogen and oxygen atoms in total. The third kappa shape index (κ3) is 2.61. The second-order valence-corrected chi connectivity index (χ2v) is 13.4. The van der Waals surface area contributed by atoms with Crippen molar-refractivity contribution in [1.29, 1.82) is 0 Å². The highest BCUT2D eigenvalue weighted by molar-refractivity contribution is 5.24. The molecule has 6 fully saturated rings. The predicted molar refractivity (Wildman–Crippen MR) is 118 cm³/mol. The van der Waals surface area contributed by atoms with Crippen molar-refractivity contribution in [2.24, 2.45) is 40.4 Å². The third-order valence-corrected chi connectivity index (χ3v) is 11.9. The Hall–Kier alpha value is -0.120. The van der Waals surface area contributed by atoms with Crippen molar-refractivity contribution in [3.8, 4) is 0 Å². The van der Waals surface area contributed by atoms with Crippen LogP contribution in [0.4, 0.5) is 0 Å². The highest BCUT2D eigenvalue weighted by Crippen LogP contribution is 2.74. The smallest absolute Gasteiger partial charge is 0.103 e. The van der Waals surface area contributed by atoms with E-state index in [0.29, 0.717) is 23.0 Å². The van der Waals surface area contributed by atoms with Gasteiger partial charge in [0.05, 0.1) is 23.9 Å². The van der Waals surface area contributed by atoms with Gasteiger partial charge in [0.1, 0.15) is 5.60 Å². The summed E-state index contributed by atoms with van der Waals surface area (Å²) >= 11 is 0. The molecule has 1 N–H and O–H groups in total. The normalized spacial score (nSPS) is 58.8. The van der Waals surface area contributed by atoms with Crippen molar-refractivity contribution in [2.75, 3.05) is 0 Å². The molecular weight excluding hydrogens is 372 g/mol. The molecule has 4 aliphatic carbocycles. The Balaban J connectivity index is 1.19. The lowest BCUT2D eigenvalue weighted by Gasteiger charge is -2.59. The van der Waals surface area contributed by atoms with Crippen LogP contribution >= 0.6 is 0 Å². The molecule has 2 heterocycles. The average Bonchev–Trinajstić information content (AvgIpc) is 3.49. The lowest BCUT2D eigenvalue weighted by atomic mass is 9.44. The fourth-order valence-electron chi connectivity index (χ4n) is 9.99. The molecule has 170 valence electrons. The first-order valence-corrected chi connectivity index (χ1v) is 13.1. The number of fused-ring (bicyclic) bond motifs is 4. The van der Waals surface area contributed by atoms with Crippen LogP contribution in [-0.2, 0) is 9.47 Å². The van der Waals surface area contributed by atoms with Crippen molar-refractivity contribution in [3.05, 3.63) is 0 Å². The number of epoxide rings is 2. The minimum absolute atomic E-state index is 0.0297. The molecule has 1 spiro atoms. The van der Waals surface area contributed by atoms with E-state index in [1.165, 1.54) is 51.4 Å². The summed E-state index contributed by atoms with van der Waals surface area (Å²) in [7, 11) is 0. The van der Waals surface area contributed by atoms with E-state index < -0.39 is 0 Å². The van der Waals surface area contributed by atoms with Gasteiger partial charge in [0.2, 0.25) is 0 Å². The fourth-order valence-corrected chi connectivity index (χ4v) is 9.99. The zero-order valence-electron chi connectivity index (χ0n) is 20.0. The van der Waals surface area contributed by atoms with Crippen molar-refractivity contribution in [2.45, 2.75) is 128 Å². The molecule has 0 amide bonds. The summed E-state index contributed by atoms with van der Waals surface area (Å²) in [6.45, 7) is 12.2. The van der Waals surface area contributed by atoms with Gasteiger partial charge in [0, 0.05) is 11.8 Å². The van der Waals surface area contributed by atoms with Crippen LogP contribution in [0.2, 0.25) is 0 Å². The summed E-state index contributed by atoms with van der Waals surface area (Å²) in [6, 6.07) is 0. The fraction of sp³-hybridized carbons (Fsp3) is 1.00. The first kappa shape index (κ1) is 20.5.